The summed E-state index contributed by atoms with van der Waals surface area (Å²) in [5.74, 6) is -0.0255. The van der Waals surface area contributed by atoms with E-state index in [9.17, 15) is 9.18 Å². The van der Waals surface area contributed by atoms with Gasteiger partial charge in [0.25, 0.3) is 5.91 Å². The van der Waals surface area contributed by atoms with Crippen molar-refractivity contribution >= 4 is 33.7 Å². The van der Waals surface area contributed by atoms with Gasteiger partial charge in [-0.2, -0.15) is 0 Å². The predicted molar refractivity (Wildman–Crippen MR) is 113 cm³/mol. The zero-order chi connectivity index (χ0) is 20.2. The van der Waals surface area contributed by atoms with Crippen LogP contribution in [0.15, 0.2) is 60.0 Å². The molecule has 0 aliphatic rings. The quantitative estimate of drug-likeness (QED) is 0.440. The second-order valence-electron chi connectivity index (χ2n) is 6.12. The van der Waals surface area contributed by atoms with Crippen molar-refractivity contribution in [2.75, 3.05) is 5.32 Å². The minimum absolute atomic E-state index is 0.208. The van der Waals surface area contributed by atoms with Crippen LogP contribution in [0.25, 0.3) is 11.3 Å². The highest BCUT2D eigenvalue weighted by molar-refractivity contribution is 7.15. The van der Waals surface area contributed by atoms with E-state index in [0.717, 1.165) is 11.3 Å². The van der Waals surface area contributed by atoms with E-state index in [2.05, 4.69) is 15.3 Å². The van der Waals surface area contributed by atoms with Crippen LogP contribution in [0.5, 0.6) is 5.75 Å². The van der Waals surface area contributed by atoms with Crippen molar-refractivity contribution in [3.63, 3.8) is 0 Å². The van der Waals surface area contributed by atoms with Crippen molar-refractivity contribution in [2.45, 2.75) is 13.5 Å². The van der Waals surface area contributed by atoms with Crippen molar-refractivity contribution in [3.05, 3.63) is 81.4 Å². The molecule has 1 amide bonds. The van der Waals surface area contributed by atoms with Crippen LogP contribution in [-0.2, 0) is 6.61 Å². The number of carbonyl (C=O) groups excluding carboxylic acids is 1. The van der Waals surface area contributed by atoms with Crippen LogP contribution in [0.2, 0.25) is 0 Å². The van der Waals surface area contributed by atoms with Gasteiger partial charge in [0.1, 0.15) is 28.1 Å². The van der Waals surface area contributed by atoms with Gasteiger partial charge in [0, 0.05) is 10.9 Å². The topological polar surface area (TPSA) is 64.1 Å². The Balaban J connectivity index is 1.41. The van der Waals surface area contributed by atoms with Crippen molar-refractivity contribution in [2.24, 2.45) is 0 Å². The number of aromatic nitrogens is 2. The lowest BCUT2D eigenvalue weighted by Gasteiger charge is -2.03. The van der Waals surface area contributed by atoms with E-state index in [-0.39, 0.29) is 18.3 Å². The Morgan fingerprint density at radius 2 is 1.86 bits per heavy atom. The third-order valence-electron chi connectivity index (χ3n) is 4.02. The van der Waals surface area contributed by atoms with Crippen LogP contribution in [0.4, 0.5) is 9.52 Å². The number of aryl methyl sites for hydroxylation is 1. The van der Waals surface area contributed by atoms with Gasteiger partial charge in [-0.15, -0.1) is 22.7 Å². The molecule has 4 rings (SSSR count). The zero-order valence-corrected chi connectivity index (χ0v) is 17.0. The van der Waals surface area contributed by atoms with Crippen LogP contribution in [0.1, 0.15) is 20.4 Å². The molecule has 146 valence electrons. The molecule has 2 aromatic carbocycles. The lowest BCUT2D eigenvalue weighted by atomic mass is 10.2. The lowest BCUT2D eigenvalue weighted by molar-refractivity contribution is 0.103. The Bertz CT molecular complexity index is 1120. The van der Waals surface area contributed by atoms with E-state index in [1.807, 2.05) is 35.7 Å². The molecule has 5 nitrogen and oxygen atoms in total. The summed E-state index contributed by atoms with van der Waals surface area (Å²) in [5.41, 5.74) is 2.45. The number of rotatable bonds is 6. The average Bonchev–Trinajstić information content (AvgIpc) is 3.35. The molecule has 0 saturated carbocycles. The first-order chi connectivity index (χ1) is 14.1. The van der Waals surface area contributed by atoms with Crippen molar-refractivity contribution in [1.82, 2.24) is 9.97 Å². The fourth-order valence-electron chi connectivity index (χ4n) is 2.63. The highest BCUT2D eigenvalue weighted by Crippen LogP contribution is 2.26. The van der Waals surface area contributed by atoms with Crippen molar-refractivity contribution in [1.29, 1.82) is 0 Å². The number of thiazole rings is 2. The largest absolute Gasteiger partial charge is 0.486 e. The Morgan fingerprint density at radius 3 is 2.62 bits per heavy atom. The summed E-state index contributed by atoms with van der Waals surface area (Å²) in [4.78, 5) is 22.0. The fraction of sp³-hybridized carbons (Fsp3) is 0.0952. The maximum Gasteiger partial charge on any atom is 0.269 e. The van der Waals surface area contributed by atoms with Crippen LogP contribution in [0, 0.1) is 12.7 Å². The SMILES string of the molecule is Cc1nc(COc2ccc(F)cc2)sc1C(=O)Nc1nc(-c2ccccc2)cs1. The van der Waals surface area contributed by atoms with Crippen LogP contribution in [0.3, 0.4) is 0 Å². The van der Waals surface area contributed by atoms with Gasteiger partial charge in [-0.25, -0.2) is 14.4 Å². The van der Waals surface area contributed by atoms with E-state index in [0.29, 0.717) is 26.5 Å². The van der Waals surface area contributed by atoms with Gasteiger partial charge in [0.05, 0.1) is 11.4 Å². The Kier molecular flexibility index (Phi) is 5.64. The molecule has 0 atom stereocenters. The molecule has 0 fully saturated rings. The molecule has 0 unspecified atom stereocenters. The van der Waals surface area contributed by atoms with Crippen LogP contribution < -0.4 is 10.1 Å². The second-order valence-corrected chi connectivity index (χ2v) is 8.06. The molecule has 2 heterocycles. The third-order valence-corrected chi connectivity index (χ3v) is 5.90. The average molecular weight is 426 g/mol. The van der Waals surface area contributed by atoms with Gasteiger partial charge < -0.3 is 4.74 Å². The summed E-state index contributed by atoms with van der Waals surface area (Å²) < 4.78 is 18.6. The maximum absolute atomic E-state index is 13.0. The van der Waals surface area contributed by atoms with Gasteiger partial charge in [-0.1, -0.05) is 30.3 Å². The normalized spacial score (nSPS) is 10.7. The molecule has 4 aromatic rings. The lowest BCUT2D eigenvalue weighted by Crippen LogP contribution is -2.11. The number of carbonyl (C=O) groups is 1. The van der Waals surface area contributed by atoms with Gasteiger partial charge in [-0.3, -0.25) is 10.1 Å². The van der Waals surface area contributed by atoms with Gasteiger partial charge in [0.15, 0.2) is 5.13 Å². The standard InChI is InChI=1S/C21H16FN3O2S2/c1-13-19(29-18(23-13)11-27-16-9-7-15(22)8-10-16)20(26)25-21-24-17(12-28-21)14-5-3-2-4-6-14/h2-10,12H,11H2,1H3,(H,24,25,26). The first-order valence-electron chi connectivity index (χ1n) is 8.75. The molecule has 0 aliphatic carbocycles. The molecular weight excluding hydrogens is 409 g/mol. The molecule has 29 heavy (non-hydrogen) atoms. The monoisotopic (exact) mass is 425 g/mol. The summed E-state index contributed by atoms with van der Waals surface area (Å²) in [6, 6.07) is 15.6. The van der Waals surface area contributed by atoms with E-state index in [1.165, 1.54) is 34.8 Å². The minimum Gasteiger partial charge on any atom is -0.486 e. The number of hydrogen-bond donors (Lipinski definition) is 1. The molecule has 0 spiro atoms. The van der Waals surface area contributed by atoms with E-state index in [4.69, 9.17) is 4.74 Å². The highest BCUT2D eigenvalue weighted by Gasteiger charge is 2.17. The summed E-state index contributed by atoms with van der Waals surface area (Å²) in [5, 5.41) is 5.95. The molecule has 0 radical (unpaired) electrons. The Labute approximate surface area is 174 Å². The molecule has 8 heteroatoms. The minimum atomic E-state index is -0.320. The van der Waals surface area contributed by atoms with Gasteiger partial charge >= 0.3 is 0 Å². The molecule has 2 aromatic heterocycles. The number of ether oxygens (including phenoxy) is 1. The van der Waals surface area contributed by atoms with E-state index < -0.39 is 0 Å². The predicted octanol–water partition coefficient (Wildman–Crippen LogP) is 5.55. The highest BCUT2D eigenvalue weighted by atomic mass is 32.1. The second kappa shape index (κ2) is 8.50. The van der Waals surface area contributed by atoms with Crippen LogP contribution >= 0.6 is 22.7 Å². The summed E-state index contributed by atoms with van der Waals surface area (Å²) in [7, 11) is 0. The number of nitrogens with zero attached hydrogens (tertiary/aromatic N) is 2. The van der Waals surface area contributed by atoms with E-state index >= 15 is 0 Å². The number of benzene rings is 2. The first kappa shape index (κ1) is 19.2. The van der Waals surface area contributed by atoms with Crippen molar-refractivity contribution < 1.29 is 13.9 Å². The van der Waals surface area contributed by atoms with Gasteiger partial charge in [-0.05, 0) is 31.2 Å². The molecule has 0 bridgehead atoms. The Morgan fingerprint density at radius 1 is 1.10 bits per heavy atom. The fourth-order valence-corrected chi connectivity index (χ4v) is 4.21. The number of anilines is 1. The smallest absolute Gasteiger partial charge is 0.269 e. The molecular formula is C21H16FN3O2S2. The Hall–Kier alpha value is -3.10. The summed E-state index contributed by atoms with van der Waals surface area (Å²) in [6.07, 6.45) is 0. The van der Waals surface area contributed by atoms with Crippen LogP contribution in [-0.4, -0.2) is 15.9 Å². The maximum atomic E-state index is 13.0. The number of halogens is 1. The number of hydrogen-bond acceptors (Lipinski definition) is 6. The summed E-state index contributed by atoms with van der Waals surface area (Å²) in [6.45, 7) is 1.99. The van der Waals surface area contributed by atoms with E-state index in [1.54, 1.807) is 19.1 Å². The summed E-state index contributed by atoms with van der Waals surface area (Å²) >= 11 is 2.64. The zero-order valence-electron chi connectivity index (χ0n) is 15.4. The van der Waals surface area contributed by atoms with Crippen molar-refractivity contribution in [3.8, 4) is 17.0 Å². The number of nitrogens with one attached hydrogen (secondary N) is 1. The molecule has 1 N–H and O–H groups in total. The first-order valence-corrected chi connectivity index (χ1v) is 10.4. The molecule has 0 aliphatic heterocycles. The molecule has 0 saturated heterocycles. The third kappa shape index (κ3) is 4.67. The van der Waals surface area contributed by atoms with Gasteiger partial charge in [0.2, 0.25) is 0 Å². The number of amides is 1.